The van der Waals surface area contributed by atoms with Crippen LogP contribution in [0.15, 0.2) is 24.7 Å². The molecular weight excluding hydrogens is 411 g/mol. The molecule has 0 spiro atoms. The van der Waals surface area contributed by atoms with Gasteiger partial charge in [0.1, 0.15) is 23.4 Å². The summed E-state index contributed by atoms with van der Waals surface area (Å²) in [5, 5.41) is 5.67. The molecule has 3 aromatic heterocycles. The molecule has 0 atom stereocenters. The van der Waals surface area contributed by atoms with Gasteiger partial charge in [-0.15, -0.1) is 0 Å². The fraction of sp³-hybridized carbons (Fsp3) is 0.294. The zero-order chi connectivity index (χ0) is 21.4. The molecule has 3 heterocycles. The fourth-order valence-electron chi connectivity index (χ4n) is 2.58. The molecule has 3 rings (SSSR count). The van der Waals surface area contributed by atoms with Gasteiger partial charge in [0.2, 0.25) is 11.9 Å². The van der Waals surface area contributed by atoms with Gasteiger partial charge in [-0.25, -0.2) is 15.0 Å². The first kappa shape index (κ1) is 20.6. The lowest BCUT2D eigenvalue weighted by Gasteiger charge is -2.25. The second kappa shape index (κ2) is 7.39. The van der Waals surface area contributed by atoms with Crippen LogP contribution in [0.5, 0.6) is 0 Å². The lowest BCUT2D eigenvalue weighted by Crippen LogP contribution is -2.50. The number of carbonyl (C=O) groups is 1. The number of hydrogen-bond acceptors (Lipinski definition) is 6. The van der Waals surface area contributed by atoms with Crippen LogP contribution in [0.2, 0.25) is 5.02 Å². The second-order valence-electron chi connectivity index (χ2n) is 6.80. The Bertz CT molecular complexity index is 1060. The van der Waals surface area contributed by atoms with Gasteiger partial charge in [0.15, 0.2) is 0 Å². The van der Waals surface area contributed by atoms with Crippen LogP contribution in [-0.4, -0.2) is 44.1 Å². The third-order valence-electron chi connectivity index (χ3n) is 4.01. The molecule has 0 aliphatic rings. The number of anilines is 2. The average Bonchev–Trinajstić information content (AvgIpc) is 3.03. The molecular formula is C17H17ClF3N7O. The maximum Gasteiger partial charge on any atom is 0.405 e. The number of amides is 1. The zero-order valence-electron chi connectivity index (χ0n) is 15.4. The van der Waals surface area contributed by atoms with Crippen LogP contribution in [0.4, 0.5) is 24.8 Å². The summed E-state index contributed by atoms with van der Waals surface area (Å²) in [7, 11) is 0. The number of aromatic nitrogens is 4. The largest absolute Gasteiger partial charge is 0.405 e. The van der Waals surface area contributed by atoms with Crippen molar-refractivity contribution in [2.75, 3.05) is 17.6 Å². The number of nitrogens with one attached hydrogen (secondary N) is 3. The number of pyridine rings is 1. The van der Waals surface area contributed by atoms with Gasteiger partial charge in [0, 0.05) is 23.3 Å². The fourth-order valence-corrected chi connectivity index (χ4v) is 2.74. The number of alkyl halides is 3. The Hall–Kier alpha value is -3.08. The summed E-state index contributed by atoms with van der Waals surface area (Å²) in [4.78, 5) is 27.6. The summed E-state index contributed by atoms with van der Waals surface area (Å²) in [6, 6.07) is 1.69. The average molecular weight is 428 g/mol. The smallest absolute Gasteiger partial charge is 0.396 e. The molecule has 0 bridgehead atoms. The molecule has 0 aromatic carbocycles. The Balaban J connectivity index is 1.89. The van der Waals surface area contributed by atoms with Crippen LogP contribution in [0.3, 0.4) is 0 Å². The van der Waals surface area contributed by atoms with Gasteiger partial charge in [-0.2, -0.15) is 13.2 Å². The number of hydrogen-bond donors (Lipinski definition) is 4. The molecule has 0 aliphatic carbocycles. The van der Waals surface area contributed by atoms with Crippen molar-refractivity contribution >= 4 is 40.2 Å². The van der Waals surface area contributed by atoms with Crippen molar-refractivity contribution in [1.82, 2.24) is 25.3 Å². The predicted octanol–water partition coefficient (Wildman–Crippen LogP) is 3.12. The third-order valence-corrected chi connectivity index (χ3v) is 4.22. The van der Waals surface area contributed by atoms with Crippen molar-refractivity contribution in [3.05, 3.63) is 29.7 Å². The van der Waals surface area contributed by atoms with E-state index in [0.29, 0.717) is 27.3 Å². The highest BCUT2D eigenvalue weighted by atomic mass is 35.5. The van der Waals surface area contributed by atoms with Crippen molar-refractivity contribution in [3.8, 4) is 11.3 Å². The van der Waals surface area contributed by atoms with Crippen molar-refractivity contribution in [2.24, 2.45) is 0 Å². The van der Waals surface area contributed by atoms with E-state index in [2.05, 4.69) is 25.3 Å². The van der Waals surface area contributed by atoms with Gasteiger partial charge in [-0.1, -0.05) is 11.6 Å². The van der Waals surface area contributed by atoms with Crippen molar-refractivity contribution < 1.29 is 18.0 Å². The van der Waals surface area contributed by atoms with Crippen molar-refractivity contribution in [3.63, 3.8) is 0 Å². The maximum absolute atomic E-state index is 12.4. The van der Waals surface area contributed by atoms with Crippen LogP contribution in [0, 0.1) is 0 Å². The highest BCUT2D eigenvalue weighted by Crippen LogP contribution is 2.32. The molecule has 1 amide bonds. The first-order chi connectivity index (χ1) is 13.5. The van der Waals surface area contributed by atoms with E-state index in [-0.39, 0.29) is 11.6 Å². The highest BCUT2D eigenvalue weighted by molar-refractivity contribution is 6.31. The first-order valence-electron chi connectivity index (χ1n) is 8.35. The van der Waals surface area contributed by atoms with E-state index in [1.807, 2.05) is 5.32 Å². The van der Waals surface area contributed by atoms with E-state index in [4.69, 9.17) is 17.3 Å². The van der Waals surface area contributed by atoms with Crippen molar-refractivity contribution in [2.45, 2.75) is 25.6 Å². The van der Waals surface area contributed by atoms with Crippen LogP contribution in [0.25, 0.3) is 22.3 Å². The Labute approximate surface area is 168 Å². The molecule has 0 saturated heterocycles. The monoisotopic (exact) mass is 427 g/mol. The summed E-state index contributed by atoms with van der Waals surface area (Å²) in [5.74, 6) is -0.842. The first-order valence-corrected chi connectivity index (χ1v) is 8.73. The third kappa shape index (κ3) is 4.67. The topological polar surface area (TPSA) is 122 Å². The summed E-state index contributed by atoms with van der Waals surface area (Å²) < 4.78 is 37.1. The van der Waals surface area contributed by atoms with Gasteiger partial charge in [-0.3, -0.25) is 4.79 Å². The maximum atomic E-state index is 12.4. The van der Waals surface area contributed by atoms with Crippen LogP contribution >= 0.6 is 11.6 Å². The van der Waals surface area contributed by atoms with Gasteiger partial charge in [0.05, 0.1) is 16.9 Å². The van der Waals surface area contributed by atoms with E-state index in [1.165, 1.54) is 26.2 Å². The molecule has 29 heavy (non-hydrogen) atoms. The Morgan fingerprint density at radius 2 is 2.00 bits per heavy atom. The molecule has 3 aromatic rings. The number of fused-ring (bicyclic) bond motifs is 1. The van der Waals surface area contributed by atoms with E-state index >= 15 is 0 Å². The summed E-state index contributed by atoms with van der Waals surface area (Å²) in [5.41, 5.74) is 6.38. The van der Waals surface area contributed by atoms with Gasteiger partial charge >= 0.3 is 6.18 Å². The molecule has 0 fully saturated rings. The standard InChI is InChI=1S/C17H17ClF3N7O/c1-16(2,14(29)26-7-17(19,20)21)28-15-25-6-11(22)12(27-15)10-5-24-13-9(10)3-8(18)4-23-13/h3-6H,7,22H2,1-2H3,(H,23,24)(H,26,29)(H,25,27,28). The quantitative estimate of drug-likeness (QED) is 0.496. The normalized spacial score (nSPS) is 12.2. The molecule has 0 aliphatic heterocycles. The lowest BCUT2D eigenvalue weighted by atomic mass is 10.0. The second-order valence-corrected chi connectivity index (χ2v) is 7.23. The summed E-state index contributed by atoms with van der Waals surface area (Å²) in [6.45, 7) is 1.38. The van der Waals surface area contributed by atoms with E-state index in [9.17, 15) is 18.0 Å². The number of nitrogens with two attached hydrogens (primary N) is 1. The SMILES string of the molecule is CC(C)(Nc1ncc(N)c(-c2c[nH]c3ncc(Cl)cc23)n1)C(=O)NCC(F)(F)F. The minimum absolute atomic E-state index is 0.0192. The number of carbonyl (C=O) groups excluding carboxylic acids is 1. The molecule has 5 N–H and O–H groups in total. The molecule has 8 nitrogen and oxygen atoms in total. The van der Waals surface area contributed by atoms with Crippen LogP contribution in [-0.2, 0) is 4.79 Å². The van der Waals surface area contributed by atoms with E-state index in [0.717, 1.165) is 0 Å². The number of rotatable bonds is 5. The predicted molar refractivity (Wildman–Crippen MR) is 103 cm³/mol. The Kier molecular flexibility index (Phi) is 5.26. The minimum atomic E-state index is -4.51. The van der Waals surface area contributed by atoms with Gasteiger partial charge in [0.25, 0.3) is 0 Å². The summed E-state index contributed by atoms with van der Waals surface area (Å²) >= 11 is 6.01. The molecule has 0 radical (unpaired) electrons. The number of H-pyrrole nitrogens is 1. The zero-order valence-corrected chi connectivity index (χ0v) is 16.1. The number of halogens is 4. The number of aromatic amines is 1. The Morgan fingerprint density at radius 3 is 2.69 bits per heavy atom. The van der Waals surface area contributed by atoms with Crippen LogP contribution < -0.4 is 16.4 Å². The van der Waals surface area contributed by atoms with Crippen molar-refractivity contribution in [1.29, 1.82) is 0 Å². The number of nitrogen functional groups attached to an aromatic ring is 1. The lowest BCUT2D eigenvalue weighted by molar-refractivity contribution is -0.140. The highest BCUT2D eigenvalue weighted by Gasteiger charge is 2.33. The molecule has 0 saturated carbocycles. The van der Waals surface area contributed by atoms with Gasteiger partial charge < -0.3 is 21.4 Å². The van der Waals surface area contributed by atoms with Gasteiger partial charge in [-0.05, 0) is 19.9 Å². The Morgan fingerprint density at radius 1 is 1.28 bits per heavy atom. The number of nitrogens with zero attached hydrogens (tertiary/aromatic N) is 3. The molecule has 154 valence electrons. The molecule has 12 heteroatoms. The van der Waals surface area contributed by atoms with E-state index < -0.39 is 24.2 Å². The minimum Gasteiger partial charge on any atom is -0.396 e. The molecule has 0 unspecified atom stereocenters. The summed E-state index contributed by atoms with van der Waals surface area (Å²) in [6.07, 6.45) is -0.0351. The van der Waals surface area contributed by atoms with E-state index in [1.54, 1.807) is 12.3 Å². The van der Waals surface area contributed by atoms with Crippen LogP contribution in [0.1, 0.15) is 13.8 Å².